The van der Waals surface area contributed by atoms with E-state index in [0.717, 1.165) is 33.4 Å². The minimum atomic E-state index is -0.409. The highest BCUT2D eigenvalue weighted by atomic mass is 16.7. The minimum Gasteiger partial charge on any atom is -0.399 e. The second-order valence-corrected chi connectivity index (χ2v) is 9.96. The molecule has 3 nitrogen and oxygen atoms in total. The number of benzene rings is 4. The maximum Gasteiger partial charge on any atom is 0.494 e. The lowest BCUT2D eigenvalue weighted by atomic mass is 9.76. The summed E-state index contributed by atoms with van der Waals surface area (Å²) in [4.78, 5) is 0. The van der Waals surface area contributed by atoms with E-state index in [0.29, 0.717) is 0 Å². The molecular weight excluding hydrogens is 417 g/mol. The number of nitrogen functional groups attached to an aromatic ring is 1. The van der Waals surface area contributed by atoms with E-state index in [1.807, 2.05) is 18.2 Å². The lowest BCUT2D eigenvalue weighted by Gasteiger charge is -2.32. The van der Waals surface area contributed by atoms with Crippen LogP contribution in [0, 0.1) is 0 Å². The van der Waals surface area contributed by atoms with Crippen LogP contribution in [0.3, 0.4) is 0 Å². The number of hydrogen-bond donors (Lipinski definition) is 1. The van der Waals surface area contributed by atoms with E-state index < -0.39 is 7.12 Å². The van der Waals surface area contributed by atoms with Crippen LogP contribution < -0.4 is 11.2 Å². The zero-order chi connectivity index (χ0) is 23.9. The largest absolute Gasteiger partial charge is 0.494 e. The third kappa shape index (κ3) is 4.15. The van der Waals surface area contributed by atoms with Crippen molar-refractivity contribution in [2.45, 2.75) is 38.9 Å². The standard InChI is InChI=1S/C30H30BNO2/c1-29(2)30(3,4)34-31(33-29)25-16-19-27(23-14-17-26(32)18-15-23)28(20-25)24-12-10-22(11-13-24)21-8-6-5-7-9-21/h5-20H,32H2,1-4H3. The summed E-state index contributed by atoms with van der Waals surface area (Å²) in [5.74, 6) is 0. The fourth-order valence-electron chi connectivity index (χ4n) is 4.31. The highest BCUT2D eigenvalue weighted by Gasteiger charge is 2.51. The van der Waals surface area contributed by atoms with E-state index in [9.17, 15) is 0 Å². The molecular formula is C30H30BNO2. The van der Waals surface area contributed by atoms with E-state index in [-0.39, 0.29) is 11.2 Å². The average Bonchev–Trinajstić information content (AvgIpc) is 3.07. The summed E-state index contributed by atoms with van der Waals surface area (Å²) in [5, 5.41) is 0. The first-order chi connectivity index (χ1) is 16.2. The van der Waals surface area contributed by atoms with Gasteiger partial charge in [0.15, 0.2) is 0 Å². The summed E-state index contributed by atoms with van der Waals surface area (Å²) in [7, 11) is -0.409. The Hall–Kier alpha value is -3.34. The molecule has 0 amide bonds. The molecule has 1 aliphatic rings. The topological polar surface area (TPSA) is 44.5 Å². The van der Waals surface area contributed by atoms with E-state index in [4.69, 9.17) is 15.0 Å². The Balaban J connectivity index is 1.58. The third-order valence-corrected chi connectivity index (χ3v) is 7.09. The average molecular weight is 447 g/mol. The quantitative estimate of drug-likeness (QED) is 0.284. The molecule has 4 aromatic carbocycles. The fourth-order valence-corrected chi connectivity index (χ4v) is 4.31. The van der Waals surface area contributed by atoms with Crippen LogP contribution in [-0.2, 0) is 9.31 Å². The highest BCUT2D eigenvalue weighted by molar-refractivity contribution is 6.62. The van der Waals surface area contributed by atoms with Gasteiger partial charge in [-0.2, -0.15) is 0 Å². The SMILES string of the molecule is CC1(C)OB(c2ccc(-c3ccc(N)cc3)c(-c3ccc(-c4ccccc4)cc3)c2)OC1(C)C. The summed E-state index contributed by atoms with van der Waals surface area (Å²) < 4.78 is 12.7. The molecule has 4 aromatic rings. The predicted molar refractivity (Wildman–Crippen MR) is 143 cm³/mol. The Labute approximate surface area is 202 Å². The van der Waals surface area contributed by atoms with Gasteiger partial charge in [-0.3, -0.25) is 0 Å². The minimum absolute atomic E-state index is 0.384. The van der Waals surface area contributed by atoms with Gasteiger partial charge >= 0.3 is 7.12 Å². The van der Waals surface area contributed by atoms with Crippen molar-refractivity contribution in [2.24, 2.45) is 0 Å². The number of nitrogens with two attached hydrogens (primary N) is 1. The van der Waals surface area contributed by atoms with Crippen LogP contribution in [0.2, 0.25) is 0 Å². The summed E-state index contributed by atoms with van der Waals surface area (Å²) in [6.45, 7) is 8.33. The van der Waals surface area contributed by atoms with Gasteiger partial charge in [0.05, 0.1) is 11.2 Å². The Morgan fingerprint density at radius 1 is 0.559 bits per heavy atom. The predicted octanol–water partition coefficient (Wildman–Crippen LogP) is 6.57. The van der Waals surface area contributed by atoms with Gasteiger partial charge in [0.25, 0.3) is 0 Å². The van der Waals surface area contributed by atoms with Gasteiger partial charge in [-0.05, 0) is 78.7 Å². The maximum absolute atomic E-state index is 6.34. The van der Waals surface area contributed by atoms with Gasteiger partial charge in [0, 0.05) is 5.69 Å². The van der Waals surface area contributed by atoms with Crippen LogP contribution in [0.1, 0.15) is 27.7 Å². The Morgan fingerprint density at radius 3 is 1.68 bits per heavy atom. The highest BCUT2D eigenvalue weighted by Crippen LogP contribution is 2.38. The second kappa shape index (κ2) is 8.46. The zero-order valence-corrected chi connectivity index (χ0v) is 20.2. The van der Waals surface area contributed by atoms with Crippen molar-refractivity contribution >= 4 is 18.3 Å². The molecule has 34 heavy (non-hydrogen) atoms. The number of rotatable bonds is 4. The van der Waals surface area contributed by atoms with Crippen molar-refractivity contribution in [3.63, 3.8) is 0 Å². The molecule has 1 saturated heterocycles. The summed E-state index contributed by atoms with van der Waals surface area (Å²) in [6.07, 6.45) is 0. The van der Waals surface area contributed by atoms with Crippen LogP contribution in [-0.4, -0.2) is 18.3 Å². The molecule has 0 aromatic heterocycles. The molecule has 0 spiro atoms. The number of hydrogen-bond acceptors (Lipinski definition) is 3. The lowest BCUT2D eigenvalue weighted by Crippen LogP contribution is -2.41. The number of anilines is 1. The van der Waals surface area contributed by atoms with Crippen molar-refractivity contribution in [2.75, 3.05) is 5.73 Å². The molecule has 2 N–H and O–H groups in total. The van der Waals surface area contributed by atoms with E-state index in [2.05, 4.69) is 107 Å². The van der Waals surface area contributed by atoms with E-state index in [1.54, 1.807) is 0 Å². The Kier molecular flexibility index (Phi) is 5.59. The van der Waals surface area contributed by atoms with Crippen LogP contribution in [0.25, 0.3) is 33.4 Å². The van der Waals surface area contributed by atoms with Crippen molar-refractivity contribution in [1.82, 2.24) is 0 Å². The van der Waals surface area contributed by atoms with Crippen molar-refractivity contribution in [3.05, 3.63) is 97.1 Å². The van der Waals surface area contributed by atoms with Crippen molar-refractivity contribution in [1.29, 1.82) is 0 Å². The zero-order valence-electron chi connectivity index (χ0n) is 20.2. The molecule has 170 valence electrons. The van der Waals surface area contributed by atoms with Gasteiger partial charge in [0.1, 0.15) is 0 Å². The molecule has 1 heterocycles. The Bertz CT molecular complexity index is 1280. The molecule has 0 aliphatic carbocycles. The van der Waals surface area contributed by atoms with Gasteiger partial charge in [0.2, 0.25) is 0 Å². The summed E-state index contributed by atoms with van der Waals surface area (Å²) in [5.41, 5.74) is 13.9. The molecule has 5 rings (SSSR count). The third-order valence-electron chi connectivity index (χ3n) is 7.09. The first kappa shape index (κ1) is 22.5. The van der Waals surface area contributed by atoms with Crippen LogP contribution in [0.15, 0.2) is 97.1 Å². The first-order valence-electron chi connectivity index (χ1n) is 11.7. The van der Waals surface area contributed by atoms with Crippen molar-refractivity contribution < 1.29 is 9.31 Å². The summed E-state index contributed by atoms with van der Waals surface area (Å²) >= 11 is 0. The monoisotopic (exact) mass is 447 g/mol. The van der Waals surface area contributed by atoms with Crippen LogP contribution in [0.4, 0.5) is 5.69 Å². The second-order valence-electron chi connectivity index (χ2n) is 9.96. The lowest BCUT2D eigenvalue weighted by molar-refractivity contribution is 0.00578. The normalized spacial score (nSPS) is 16.5. The molecule has 0 atom stereocenters. The molecule has 0 radical (unpaired) electrons. The van der Waals surface area contributed by atoms with E-state index >= 15 is 0 Å². The molecule has 4 heteroatoms. The Morgan fingerprint density at radius 2 is 1.06 bits per heavy atom. The van der Waals surface area contributed by atoms with Crippen molar-refractivity contribution in [3.8, 4) is 33.4 Å². The van der Waals surface area contributed by atoms with E-state index in [1.165, 1.54) is 11.1 Å². The maximum atomic E-state index is 6.34. The van der Waals surface area contributed by atoms with Crippen LogP contribution in [0.5, 0.6) is 0 Å². The molecule has 1 aliphatic heterocycles. The molecule has 1 fully saturated rings. The smallest absolute Gasteiger partial charge is 0.399 e. The summed E-state index contributed by atoms with van der Waals surface area (Å²) in [6, 6.07) is 33.7. The first-order valence-corrected chi connectivity index (χ1v) is 11.7. The van der Waals surface area contributed by atoms with Crippen LogP contribution >= 0.6 is 0 Å². The van der Waals surface area contributed by atoms with Gasteiger partial charge in [-0.25, -0.2) is 0 Å². The molecule has 0 unspecified atom stereocenters. The fraction of sp³-hybridized carbons (Fsp3) is 0.200. The van der Waals surface area contributed by atoms with Gasteiger partial charge in [-0.1, -0.05) is 84.9 Å². The molecule has 0 saturated carbocycles. The van der Waals surface area contributed by atoms with Gasteiger partial charge < -0.3 is 15.0 Å². The van der Waals surface area contributed by atoms with Gasteiger partial charge in [-0.15, -0.1) is 0 Å². The molecule has 0 bridgehead atoms.